The first kappa shape index (κ1) is 11.8. The summed E-state index contributed by atoms with van der Waals surface area (Å²) >= 11 is 5.21. The number of hydrogen-bond donors (Lipinski definition) is 1. The molecule has 1 saturated heterocycles. The zero-order chi connectivity index (χ0) is 11.5. The van der Waals surface area contributed by atoms with Gasteiger partial charge in [0.25, 0.3) is 0 Å². The number of ether oxygens (including phenoxy) is 2. The van der Waals surface area contributed by atoms with Gasteiger partial charge >= 0.3 is 0 Å². The van der Waals surface area contributed by atoms with Crippen molar-refractivity contribution in [2.24, 2.45) is 5.92 Å². The first-order valence-electron chi connectivity index (χ1n) is 5.53. The van der Waals surface area contributed by atoms with Crippen LogP contribution in [0.15, 0.2) is 0 Å². The van der Waals surface area contributed by atoms with Gasteiger partial charge in [0.15, 0.2) is 10.6 Å². The van der Waals surface area contributed by atoms with Crippen LogP contribution in [0.3, 0.4) is 0 Å². The molecule has 0 aliphatic carbocycles. The van der Waals surface area contributed by atoms with Crippen molar-refractivity contribution in [2.45, 2.75) is 26.5 Å². The van der Waals surface area contributed by atoms with Crippen LogP contribution in [-0.4, -0.2) is 34.6 Å². The highest BCUT2D eigenvalue weighted by Gasteiger charge is 2.22. The lowest BCUT2D eigenvalue weighted by molar-refractivity contribution is -0.0949. The van der Waals surface area contributed by atoms with Crippen molar-refractivity contribution >= 4 is 12.2 Å². The third-order valence-corrected chi connectivity index (χ3v) is 2.75. The smallest absolute Gasteiger partial charge is 0.195 e. The SMILES string of the molecule is CC(C)Cn1c(C2COCCO2)n[nH]c1=S. The lowest BCUT2D eigenvalue weighted by atomic mass is 10.2. The van der Waals surface area contributed by atoms with Gasteiger partial charge in [-0.1, -0.05) is 13.8 Å². The number of H-pyrrole nitrogens is 1. The Morgan fingerprint density at radius 2 is 2.38 bits per heavy atom. The second-order valence-electron chi connectivity index (χ2n) is 4.33. The molecule has 1 aliphatic heterocycles. The van der Waals surface area contributed by atoms with E-state index in [2.05, 4.69) is 24.0 Å². The fraction of sp³-hybridized carbons (Fsp3) is 0.800. The Morgan fingerprint density at radius 1 is 1.56 bits per heavy atom. The monoisotopic (exact) mass is 243 g/mol. The van der Waals surface area contributed by atoms with Crippen molar-refractivity contribution in [1.82, 2.24) is 14.8 Å². The maximum atomic E-state index is 5.62. The van der Waals surface area contributed by atoms with Crippen LogP contribution in [0, 0.1) is 10.7 Å². The average molecular weight is 243 g/mol. The Morgan fingerprint density at radius 3 is 3.00 bits per heavy atom. The molecule has 5 nitrogen and oxygen atoms in total. The fourth-order valence-electron chi connectivity index (χ4n) is 1.75. The van der Waals surface area contributed by atoms with Crippen LogP contribution < -0.4 is 0 Å². The van der Waals surface area contributed by atoms with Crippen LogP contribution in [0.1, 0.15) is 25.8 Å². The van der Waals surface area contributed by atoms with Crippen molar-refractivity contribution in [3.8, 4) is 0 Å². The molecule has 0 bridgehead atoms. The number of aromatic amines is 1. The summed E-state index contributed by atoms with van der Waals surface area (Å²) in [5.74, 6) is 1.37. The molecule has 0 saturated carbocycles. The lowest BCUT2D eigenvalue weighted by Gasteiger charge is -2.23. The minimum atomic E-state index is -0.0968. The molecule has 0 radical (unpaired) electrons. The molecule has 1 atom stereocenters. The van der Waals surface area contributed by atoms with Crippen molar-refractivity contribution in [2.75, 3.05) is 19.8 Å². The van der Waals surface area contributed by atoms with Crippen molar-refractivity contribution in [3.05, 3.63) is 10.6 Å². The summed E-state index contributed by atoms with van der Waals surface area (Å²) in [6.07, 6.45) is -0.0968. The molecular formula is C10H17N3O2S. The van der Waals surface area contributed by atoms with Gasteiger partial charge in [-0.05, 0) is 18.1 Å². The minimum Gasteiger partial charge on any atom is -0.376 e. The zero-order valence-electron chi connectivity index (χ0n) is 9.60. The van der Waals surface area contributed by atoms with Crippen molar-refractivity contribution in [1.29, 1.82) is 0 Å². The first-order valence-corrected chi connectivity index (χ1v) is 5.93. The second-order valence-corrected chi connectivity index (χ2v) is 4.71. The van der Waals surface area contributed by atoms with E-state index in [9.17, 15) is 0 Å². The van der Waals surface area contributed by atoms with Gasteiger partial charge in [0.05, 0.1) is 19.8 Å². The number of rotatable bonds is 3. The van der Waals surface area contributed by atoms with E-state index >= 15 is 0 Å². The maximum absolute atomic E-state index is 5.62. The van der Waals surface area contributed by atoms with E-state index in [-0.39, 0.29) is 6.10 Å². The predicted octanol–water partition coefficient (Wildman–Crippen LogP) is 1.68. The van der Waals surface area contributed by atoms with Crippen LogP contribution in [0.25, 0.3) is 0 Å². The highest BCUT2D eigenvalue weighted by Crippen LogP contribution is 2.19. The Bertz CT molecular complexity index is 393. The largest absolute Gasteiger partial charge is 0.376 e. The molecule has 0 spiro atoms. The summed E-state index contributed by atoms with van der Waals surface area (Å²) in [4.78, 5) is 0. The molecular weight excluding hydrogens is 226 g/mol. The van der Waals surface area contributed by atoms with E-state index in [1.54, 1.807) is 0 Å². The molecule has 6 heteroatoms. The summed E-state index contributed by atoms with van der Waals surface area (Å²) in [6.45, 7) is 6.98. The fourth-order valence-corrected chi connectivity index (χ4v) is 1.97. The highest BCUT2D eigenvalue weighted by molar-refractivity contribution is 7.71. The van der Waals surface area contributed by atoms with Crippen LogP contribution in [0.2, 0.25) is 0 Å². The molecule has 0 amide bonds. The first-order chi connectivity index (χ1) is 7.68. The van der Waals surface area contributed by atoms with E-state index in [1.807, 2.05) is 4.57 Å². The molecule has 90 valence electrons. The average Bonchev–Trinajstić information content (AvgIpc) is 2.61. The summed E-state index contributed by atoms with van der Waals surface area (Å²) in [7, 11) is 0. The standard InChI is InChI=1S/C10H17N3O2S/c1-7(2)5-13-9(11-12-10(13)16)8-6-14-3-4-15-8/h7-8H,3-6H2,1-2H3,(H,12,16). The second kappa shape index (κ2) is 5.07. The summed E-state index contributed by atoms with van der Waals surface area (Å²) in [5, 5.41) is 7.05. The van der Waals surface area contributed by atoms with E-state index in [0.29, 0.717) is 30.5 Å². The van der Waals surface area contributed by atoms with Crippen molar-refractivity contribution in [3.63, 3.8) is 0 Å². The highest BCUT2D eigenvalue weighted by atomic mass is 32.1. The molecule has 2 heterocycles. The van der Waals surface area contributed by atoms with E-state index in [0.717, 1.165) is 12.4 Å². The predicted molar refractivity (Wildman–Crippen MR) is 61.8 cm³/mol. The topological polar surface area (TPSA) is 52.1 Å². The Balaban J connectivity index is 2.22. The van der Waals surface area contributed by atoms with E-state index < -0.39 is 0 Å². The lowest BCUT2D eigenvalue weighted by Crippen LogP contribution is -2.25. The van der Waals surface area contributed by atoms with E-state index in [4.69, 9.17) is 21.7 Å². The molecule has 1 aromatic rings. The molecule has 1 aromatic heterocycles. The summed E-state index contributed by atoms with van der Waals surface area (Å²) in [6, 6.07) is 0. The van der Waals surface area contributed by atoms with Crippen LogP contribution in [-0.2, 0) is 16.0 Å². The van der Waals surface area contributed by atoms with Gasteiger partial charge in [-0.25, -0.2) is 0 Å². The molecule has 1 unspecified atom stereocenters. The number of nitrogens with one attached hydrogen (secondary N) is 1. The summed E-state index contributed by atoms with van der Waals surface area (Å²) in [5.41, 5.74) is 0. The molecule has 1 fully saturated rings. The van der Waals surface area contributed by atoms with Gasteiger partial charge in [0, 0.05) is 6.54 Å². The van der Waals surface area contributed by atoms with Gasteiger partial charge in [-0.3, -0.25) is 5.10 Å². The van der Waals surface area contributed by atoms with Gasteiger partial charge in [0.1, 0.15) is 6.10 Å². The molecule has 2 rings (SSSR count). The van der Waals surface area contributed by atoms with Gasteiger partial charge in [-0.15, -0.1) is 0 Å². The minimum absolute atomic E-state index is 0.0968. The Labute approximate surface area is 99.8 Å². The van der Waals surface area contributed by atoms with Gasteiger partial charge in [-0.2, -0.15) is 5.10 Å². The van der Waals surface area contributed by atoms with Gasteiger partial charge < -0.3 is 14.0 Å². The molecule has 0 aromatic carbocycles. The van der Waals surface area contributed by atoms with Crippen LogP contribution >= 0.6 is 12.2 Å². The molecule has 1 aliphatic rings. The Hall–Kier alpha value is -0.720. The third kappa shape index (κ3) is 2.50. The normalized spacial score (nSPS) is 21.6. The quantitative estimate of drug-likeness (QED) is 0.821. The molecule has 1 N–H and O–H groups in total. The van der Waals surface area contributed by atoms with Crippen LogP contribution in [0.5, 0.6) is 0 Å². The third-order valence-electron chi connectivity index (χ3n) is 2.44. The number of nitrogens with zero attached hydrogens (tertiary/aromatic N) is 2. The maximum Gasteiger partial charge on any atom is 0.195 e. The Kier molecular flexibility index (Phi) is 3.73. The summed E-state index contributed by atoms with van der Waals surface area (Å²) < 4.78 is 13.7. The van der Waals surface area contributed by atoms with E-state index in [1.165, 1.54) is 0 Å². The molecule has 16 heavy (non-hydrogen) atoms. The zero-order valence-corrected chi connectivity index (χ0v) is 10.4. The van der Waals surface area contributed by atoms with Crippen LogP contribution in [0.4, 0.5) is 0 Å². The number of hydrogen-bond acceptors (Lipinski definition) is 4. The van der Waals surface area contributed by atoms with Crippen molar-refractivity contribution < 1.29 is 9.47 Å². The number of aromatic nitrogens is 3. The van der Waals surface area contributed by atoms with Gasteiger partial charge in [0.2, 0.25) is 0 Å².